The van der Waals surface area contributed by atoms with E-state index in [1.165, 1.54) is 0 Å². The Bertz CT molecular complexity index is 553. The molecule has 2 rings (SSSR count). The van der Waals surface area contributed by atoms with Crippen LogP contribution in [0.2, 0.25) is 0 Å². The third-order valence-electron chi connectivity index (χ3n) is 2.56. The van der Waals surface area contributed by atoms with Crippen molar-refractivity contribution in [2.24, 2.45) is 7.05 Å². The number of halogens is 1. The molecule has 1 amide bonds. The van der Waals surface area contributed by atoms with Crippen LogP contribution in [0.5, 0.6) is 0 Å². The zero-order valence-corrected chi connectivity index (χ0v) is 11.5. The number of hydrogen-bond acceptors (Lipinski definition) is 3. The first-order chi connectivity index (χ1) is 8.66. The van der Waals surface area contributed by atoms with Crippen LogP contribution in [0.3, 0.4) is 0 Å². The molecule has 5 nitrogen and oxygen atoms in total. The van der Waals surface area contributed by atoms with Crippen LogP contribution in [-0.4, -0.2) is 27.2 Å². The molecule has 94 valence electrons. The highest BCUT2D eigenvalue weighted by molar-refractivity contribution is 9.10. The van der Waals surface area contributed by atoms with Gasteiger partial charge in [-0.3, -0.25) is 14.5 Å². The van der Waals surface area contributed by atoms with E-state index in [0.29, 0.717) is 12.1 Å². The van der Waals surface area contributed by atoms with Gasteiger partial charge in [-0.1, -0.05) is 0 Å². The van der Waals surface area contributed by atoms with Crippen LogP contribution in [0, 0.1) is 0 Å². The highest BCUT2D eigenvalue weighted by atomic mass is 79.9. The number of aryl methyl sites for hydroxylation is 1. The summed E-state index contributed by atoms with van der Waals surface area (Å²) in [5, 5.41) is 6.92. The van der Waals surface area contributed by atoms with E-state index in [1.807, 2.05) is 13.1 Å². The molecule has 0 saturated carbocycles. The molecule has 2 aromatic rings. The van der Waals surface area contributed by atoms with E-state index in [1.54, 1.807) is 29.3 Å². The molecule has 2 aromatic heterocycles. The van der Waals surface area contributed by atoms with Gasteiger partial charge in [0.25, 0.3) is 5.91 Å². The molecule has 0 unspecified atom stereocenters. The lowest BCUT2D eigenvalue weighted by atomic mass is 10.2. The van der Waals surface area contributed by atoms with E-state index in [9.17, 15) is 4.79 Å². The smallest absolute Gasteiger partial charge is 0.252 e. The predicted molar refractivity (Wildman–Crippen MR) is 71.2 cm³/mol. The van der Waals surface area contributed by atoms with Gasteiger partial charge in [0.15, 0.2) is 0 Å². The van der Waals surface area contributed by atoms with Crippen LogP contribution >= 0.6 is 15.9 Å². The highest BCUT2D eigenvalue weighted by Gasteiger charge is 2.06. The number of rotatable bonds is 4. The fourth-order valence-corrected chi connectivity index (χ4v) is 1.95. The first-order valence-electron chi connectivity index (χ1n) is 5.52. The standard InChI is InChI=1S/C12H13BrN4O/c1-17-11(3-5-16-17)2-4-15-12(18)9-6-10(13)8-14-7-9/h3,5-8H,2,4H2,1H3,(H,15,18). The van der Waals surface area contributed by atoms with Gasteiger partial charge in [0.05, 0.1) is 5.56 Å². The van der Waals surface area contributed by atoms with Gasteiger partial charge in [0, 0.05) is 48.8 Å². The molecule has 0 bridgehead atoms. The van der Waals surface area contributed by atoms with Gasteiger partial charge in [-0.2, -0.15) is 5.10 Å². The lowest BCUT2D eigenvalue weighted by Gasteiger charge is -2.05. The molecule has 6 heteroatoms. The van der Waals surface area contributed by atoms with Crippen molar-refractivity contribution in [3.63, 3.8) is 0 Å². The Balaban J connectivity index is 1.87. The Hall–Kier alpha value is -1.69. The summed E-state index contributed by atoms with van der Waals surface area (Å²) in [4.78, 5) is 15.8. The van der Waals surface area contributed by atoms with Crippen molar-refractivity contribution in [1.82, 2.24) is 20.1 Å². The number of aromatic nitrogens is 3. The monoisotopic (exact) mass is 308 g/mol. The van der Waals surface area contributed by atoms with E-state index in [0.717, 1.165) is 16.6 Å². The van der Waals surface area contributed by atoms with Crippen LogP contribution in [0.1, 0.15) is 16.1 Å². The minimum atomic E-state index is -0.119. The van der Waals surface area contributed by atoms with Crippen LogP contribution in [0.15, 0.2) is 35.2 Å². The summed E-state index contributed by atoms with van der Waals surface area (Å²) in [6.07, 6.45) is 5.69. The summed E-state index contributed by atoms with van der Waals surface area (Å²) in [7, 11) is 1.88. The maximum absolute atomic E-state index is 11.8. The van der Waals surface area contributed by atoms with E-state index < -0.39 is 0 Å². The van der Waals surface area contributed by atoms with Gasteiger partial charge in [0.1, 0.15) is 0 Å². The summed E-state index contributed by atoms with van der Waals surface area (Å²) in [6.45, 7) is 0.574. The maximum atomic E-state index is 11.8. The molecular formula is C12H13BrN4O. The van der Waals surface area contributed by atoms with Crippen molar-refractivity contribution >= 4 is 21.8 Å². The summed E-state index contributed by atoms with van der Waals surface area (Å²) < 4.78 is 2.59. The summed E-state index contributed by atoms with van der Waals surface area (Å²) in [6, 6.07) is 3.68. The molecule has 0 aromatic carbocycles. The predicted octanol–water partition coefficient (Wildman–Crippen LogP) is 1.55. The average molecular weight is 309 g/mol. The van der Waals surface area contributed by atoms with Gasteiger partial charge in [-0.05, 0) is 28.1 Å². The van der Waals surface area contributed by atoms with Crippen LogP contribution in [0.4, 0.5) is 0 Å². The molecule has 0 aliphatic rings. The van der Waals surface area contributed by atoms with Crippen molar-refractivity contribution < 1.29 is 4.79 Å². The summed E-state index contributed by atoms with van der Waals surface area (Å²) in [5.41, 5.74) is 1.64. The second-order valence-electron chi connectivity index (χ2n) is 3.84. The molecule has 1 N–H and O–H groups in total. The first-order valence-corrected chi connectivity index (χ1v) is 6.32. The highest BCUT2D eigenvalue weighted by Crippen LogP contribution is 2.09. The lowest BCUT2D eigenvalue weighted by Crippen LogP contribution is -2.26. The summed E-state index contributed by atoms with van der Waals surface area (Å²) >= 11 is 3.29. The van der Waals surface area contributed by atoms with Crippen molar-refractivity contribution in [2.75, 3.05) is 6.54 Å². The molecule has 0 radical (unpaired) electrons. The largest absolute Gasteiger partial charge is 0.352 e. The number of amides is 1. The Labute approximate surface area is 113 Å². The fraction of sp³-hybridized carbons (Fsp3) is 0.250. The average Bonchev–Trinajstić information content (AvgIpc) is 2.75. The number of carbonyl (C=O) groups excluding carboxylic acids is 1. The zero-order valence-electron chi connectivity index (χ0n) is 9.93. The number of carbonyl (C=O) groups is 1. The van der Waals surface area contributed by atoms with Crippen molar-refractivity contribution in [3.05, 3.63) is 46.5 Å². The normalized spacial score (nSPS) is 10.3. The van der Waals surface area contributed by atoms with Crippen molar-refractivity contribution in [2.45, 2.75) is 6.42 Å². The molecule has 0 saturated heterocycles. The first kappa shape index (κ1) is 12.8. The third-order valence-corrected chi connectivity index (χ3v) is 2.99. The zero-order chi connectivity index (χ0) is 13.0. The molecule has 0 spiro atoms. The minimum Gasteiger partial charge on any atom is -0.352 e. The maximum Gasteiger partial charge on any atom is 0.252 e. The molecule has 0 aliphatic heterocycles. The number of pyridine rings is 1. The molecule has 0 atom stereocenters. The van der Waals surface area contributed by atoms with Crippen molar-refractivity contribution in [3.8, 4) is 0 Å². The van der Waals surface area contributed by atoms with Gasteiger partial charge in [0.2, 0.25) is 0 Å². The molecule has 2 heterocycles. The van der Waals surface area contributed by atoms with Crippen LogP contribution in [0.25, 0.3) is 0 Å². The number of nitrogens with one attached hydrogen (secondary N) is 1. The van der Waals surface area contributed by atoms with Crippen LogP contribution < -0.4 is 5.32 Å². The SMILES string of the molecule is Cn1nccc1CCNC(=O)c1cncc(Br)c1. The Morgan fingerprint density at radius 1 is 1.50 bits per heavy atom. The Morgan fingerprint density at radius 2 is 2.33 bits per heavy atom. The molecule has 0 fully saturated rings. The molecular weight excluding hydrogens is 296 g/mol. The second-order valence-corrected chi connectivity index (χ2v) is 4.76. The van der Waals surface area contributed by atoms with Gasteiger partial charge < -0.3 is 5.32 Å². The van der Waals surface area contributed by atoms with Crippen LogP contribution in [-0.2, 0) is 13.5 Å². The second kappa shape index (κ2) is 5.77. The Kier molecular flexibility index (Phi) is 4.09. The van der Waals surface area contributed by atoms with E-state index in [4.69, 9.17) is 0 Å². The molecule has 18 heavy (non-hydrogen) atoms. The van der Waals surface area contributed by atoms with Gasteiger partial charge in [-0.25, -0.2) is 0 Å². The third kappa shape index (κ3) is 3.16. The molecule has 0 aliphatic carbocycles. The van der Waals surface area contributed by atoms with Crippen molar-refractivity contribution in [1.29, 1.82) is 0 Å². The number of hydrogen-bond donors (Lipinski definition) is 1. The quantitative estimate of drug-likeness (QED) is 0.932. The van der Waals surface area contributed by atoms with Gasteiger partial charge in [-0.15, -0.1) is 0 Å². The topological polar surface area (TPSA) is 59.8 Å². The fourth-order valence-electron chi connectivity index (χ4n) is 1.59. The van der Waals surface area contributed by atoms with E-state index in [2.05, 4.69) is 31.3 Å². The van der Waals surface area contributed by atoms with E-state index in [-0.39, 0.29) is 5.91 Å². The van der Waals surface area contributed by atoms with E-state index >= 15 is 0 Å². The minimum absolute atomic E-state index is 0.119. The Morgan fingerprint density at radius 3 is 3.00 bits per heavy atom. The van der Waals surface area contributed by atoms with Gasteiger partial charge >= 0.3 is 0 Å². The lowest BCUT2D eigenvalue weighted by molar-refractivity contribution is 0.0953. The number of nitrogens with zero attached hydrogens (tertiary/aromatic N) is 3. The summed E-state index contributed by atoms with van der Waals surface area (Å²) in [5.74, 6) is -0.119.